The van der Waals surface area contributed by atoms with E-state index in [1.54, 1.807) is 0 Å². The van der Waals surface area contributed by atoms with Crippen LogP contribution in [0.3, 0.4) is 0 Å². The zero-order valence-electron chi connectivity index (χ0n) is 9.05. The lowest BCUT2D eigenvalue weighted by atomic mass is 9.94. The summed E-state index contributed by atoms with van der Waals surface area (Å²) in [5.74, 6) is 0. The molecule has 0 unspecified atom stereocenters. The van der Waals surface area contributed by atoms with Gasteiger partial charge in [0.15, 0.2) is 0 Å². The van der Waals surface area contributed by atoms with Crippen molar-refractivity contribution in [2.75, 3.05) is 5.32 Å². The number of hydrogen-bond donors (Lipinski definition) is 1. The summed E-state index contributed by atoms with van der Waals surface area (Å²) in [7, 11) is 0. The van der Waals surface area contributed by atoms with Crippen LogP contribution in [0.1, 0.15) is 26.7 Å². The van der Waals surface area contributed by atoms with Crippen LogP contribution in [0.25, 0.3) is 0 Å². The van der Waals surface area contributed by atoms with Crippen LogP contribution in [0, 0.1) is 11.3 Å². The van der Waals surface area contributed by atoms with Gasteiger partial charge in [0.2, 0.25) is 0 Å². The first-order valence-electron chi connectivity index (χ1n) is 5.11. The Labute approximate surface area is 95.9 Å². The Morgan fingerprint density at radius 1 is 1.40 bits per heavy atom. The predicted molar refractivity (Wildman–Crippen MR) is 64.0 cm³/mol. The number of benzene rings is 1. The van der Waals surface area contributed by atoms with Gasteiger partial charge in [0.25, 0.3) is 0 Å². The van der Waals surface area contributed by atoms with Crippen molar-refractivity contribution in [2.24, 2.45) is 0 Å². The van der Waals surface area contributed by atoms with Crippen LogP contribution in [0.15, 0.2) is 24.3 Å². The first kappa shape index (κ1) is 11.9. The van der Waals surface area contributed by atoms with Crippen molar-refractivity contribution < 1.29 is 0 Å². The number of nitriles is 1. The van der Waals surface area contributed by atoms with Gasteiger partial charge in [-0.3, -0.25) is 0 Å². The third-order valence-electron chi connectivity index (χ3n) is 2.63. The van der Waals surface area contributed by atoms with E-state index in [2.05, 4.69) is 11.4 Å². The Morgan fingerprint density at radius 2 is 2.07 bits per heavy atom. The molecule has 0 aliphatic rings. The summed E-state index contributed by atoms with van der Waals surface area (Å²) >= 11 is 5.88. The second kappa shape index (κ2) is 5.04. The highest BCUT2D eigenvalue weighted by molar-refractivity contribution is 6.30. The van der Waals surface area contributed by atoms with Gasteiger partial charge in [-0.2, -0.15) is 5.26 Å². The van der Waals surface area contributed by atoms with Crippen LogP contribution in [-0.4, -0.2) is 5.54 Å². The molecule has 1 rings (SSSR count). The van der Waals surface area contributed by atoms with Crippen molar-refractivity contribution in [3.8, 4) is 6.07 Å². The Morgan fingerprint density at radius 3 is 2.53 bits per heavy atom. The lowest BCUT2D eigenvalue weighted by molar-refractivity contribution is 0.548. The molecule has 1 aromatic rings. The SMILES string of the molecule is CCC(C#N)(CC)Nc1cccc(Cl)c1. The van der Waals surface area contributed by atoms with Crippen molar-refractivity contribution in [1.29, 1.82) is 5.26 Å². The van der Waals surface area contributed by atoms with Crippen molar-refractivity contribution in [3.05, 3.63) is 29.3 Å². The van der Waals surface area contributed by atoms with Gasteiger partial charge in [-0.05, 0) is 31.0 Å². The van der Waals surface area contributed by atoms with Crippen LogP contribution >= 0.6 is 11.6 Å². The molecule has 0 radical (unpaired) electrons. The molecule has 0 saturated heterocycles. The average molecular weight is 223 g/mol. The first-order chi connectivity index (χ1) is 7.15. The molecule has 0 aliphatic carbocycles. The summed E-state index contributed by atoms with van der Waals surface area (Å²) < 4.78 is 0. The minimum Gasteiger partial charge on any atom is -0.367 e. The predicted octanol–water partition coefficient (Wildman–Crippen LogP) is 3.83. The van der Waals surface area contributed by atoms with Crippen molar-refractivity contribution in [3.63, 3.8) is 0 Å². The minimum absolute atomic E-state index is 0.481. The van der Waals surface area contributed by atoms with E-state index < -0.39 is 5.54 Å². The maximum Gasteiger partial charge on any atom is 0.124 e. The Kier molecular flexibility index (Phi) is 3.99. The average Bonchev–Trinajstić information content (AvgIpc) is 2.26. The minimum atomic E-state index is -0.481. The van der Waals surface area contributed by atoms with Gasteiger partial charge in [0.1, 0.15) is 5.54 Å². The summed E-state index contributed by atoms with van der Waals surface area (Å²) in [6.45, 7) is 4.01. The molecule has 15 heavy (non-hydrogen) atoms. The highest BCUT2D eigenvalue weighted by Gasteiger charge is 2.24. The van der Waals surface area contributed by atoms with E-state index in [0.29, 0.717) is 5.02 Å². The van der Waals surface area contributed by atoms with Crippen LogP contribution < -0.4 is 5.32 Å². The fourth-order valence-electron chi connectivity index (χ4n) is 1.46. The fraction of sp³-hybridized carbons (Fsp3) is 0.417. The van der Waals surface area contributed by atoms with E-state index in [9.17, 15) is 0 Å². The molecule has 3 heteroatoms. The standard InChI is InChI=1S/C12H15ClN2/c1-3-12(4-2,9-14)15-11-7-5-6-10(13)8-11/h5-8,15H,3-4H2,1-2H3. The molecule has 0 heterocycles. The Hall–Kier alpha value is -1.20. The van der Waals surface area contributed by atoms with Gasteiger partial charge in [-0.15, -0.1) is 0 Å². The Bertz CT molecular complexity index is 364. The second-order valence-electron chi connectivity index (χ2n) is 3.54. The number of halogens is 1. The van der Waals surface area contributed by atoms with Crippen molar-refractivity contribution in [2.45, 2.75) is 32.2 Å². The maximum absolute atomic E-state index is 9.16. The molecule has 1 N–H and O–H groups in total. The molecule has 0 spiro atoms. The molecule has 0 aromatic heterocycles. The molecular formula is C12H15ClN2. The number of hydrogen-bond acceptors (Lipinski definition) is 2. The number of rotatable bonds is 4. The monoisotopic (exact) mass is 222 g/mol. The fourth-order valence-corrected chi connectivity index (χ4v) is 1.65. The zero-order valence-corrected chi connectivity index (χ0v) is 9.80. The highest BCUT2D eigenvalue weighted by Crippen LogP contribution is 2.23. The molecule has 0 aliphatic heterocycles. The molecular weight excluding hydrogens is 208 g/mol. The lowest BCUT2D eigenvalue weighted by Crippen LogP contribution is -2.34. The van der Waals surface area contributed by atoms with Crippen LogP contribution in [0.4, 0.5) is 5.69 Å². The van der Waals surface area contributed by atoms with Gasteiger partial charge in [0.05, 0.1) is 6.07 Å². The van der Waals surface area contributed by atoms with E-state index in [4.69, 9.17) is 16.9 Å². The summed E-state index contributed by atoms with van der Waals surface area (Å²) in [5.41, 5.74) is 0.415. The summed E-state index contributed by atoms with van der Waals surface area (Å²) in [4.78, 5) is 0. The van der Waals surface area contributed by atoms with Gasteiger partial charge >= 0.3 is 0 Å². The molecule has 1 aromatic carbocycles. The zero-order chi connectivity index (χ0) is 11.3. The first-order valence-corrected chi connectivity index (χ1v) is 5.48. The topological polar surface area (TPSA) is 35.8 Å². The number of nitrogens with zero attached hydrogens (tertiary/aromatic N) is 1. The highest BCUT2D eigenvalue weighted by atomic mass is 35.5. The number of anilines is 1. The third-order valence-corrected chi connectivity index (χ3v) is 2.86. The van der Waals surface area contributed by atoms with Crippen LogP contribution in [0.5, 0.6) is 0 Å². The van der Waals surface area contributed by atoms with Gasteiger partial charge < -0.3 is 5.32 Å². The number of nitrogens with one attached hydrogen (secondary N) is 1. The smallest absolute Gasteiger partial charge is 0.124 e. The molecule has 0 amide bonds. The molecule has 2 nitrogen and oxygen atoms in total. The third kappa shape index (κ3) is 2.87. The Balaban J connectivity index is 2.89. The largest absolute Gasteiger partial charge is 0.367 e. The molecule has 0 saturated carbocycles. The summed E-state index contributed by atoms with van der Waals surface area (Å²) in [6, 6.07) is 9.77. The molecule has 80 valence electrons. The quantitative estimate of drug-likeness (QED) is 0.841. The summed E-state index contributed by atoms with van der Waals surface area (Å²) in [5, 5.41) is 13.1. The summed E-state index contributed by atoms with van der Waals surface area (Å²) in [6.07, 6.45) is 1.54. The van der Waals surface area contributed by atoms with Crippen LogP contribution in [-0.2, 0) is 0 Å². The van der Waals surface area contributed by atoms with E-state index >= 15 is 0 Å². The lowest BCUT2D eigenvalue weighted by Gasteiger charge is -2.26. The van der Waals surface area contributed by atoms with Gasteiger partial charge in [-0.1, -0.05) is 31.5 Å². The van der Waals surface area contributed by atoms with E-state index in [-0.39, 0.29) is 0 Å². The van der Waals surface area contributed by atoms with Gasteiger partial charge in [-0.25, -0.2) is 0 Å². The molecule has 0 fully saturated rings. The van der Waals surface area contributed by atoms with Crippen molar-refractivity contribution in [1.82, 2.24) is 0 Å². The molecule has 0 atom stereocenters. The van der Waals surface area contributed by atoms with E-state index in [0.717, 1.165) is 18.5 Å². The van der Waals surface area contributed by atoms with Gasteiger partial charge in [0, 0.05) is 10.7 Å². The normalized spacial score (nSPS) is 10.8. The van der Waals surface area contributed by atoms with Crippen LogP contribution in [0.2, 0.25) is 5.02 Å². The maximum atomic E-state index is 9.16. The van der Waals surface area contributed by atoms with E-state index in [1.807, 2.05) is 38.1 Å². The second-order valence-corrected chi connectivity index (χ2v) is 3.97. The molecule has 0 bridgehead atoms. The van der Waals surface area contributed by atoms with E-state index in [1.165, 1.54) is 0 Å². The van der Waals surface area contributed by atoms with Crippen molar-refractivity contribution >= 4 is 17.3 Å².